The number of hydrogen-bond acceptors (Lipinski definition) is 6. The quantitative estimate of drug-likeness (QED) is 0.533. The molecule has 0 radical (unpaired) electrons. The molecular formula is C21H23ClN4O3S2. The van der Waals surface area contributed by atoms with Crippen LogP contribution in [0.15, 0.2) is 42.5 Å². The van der Waals surface area contributed by atoms with Crippen molar-refractivity contribution in [3.63, 3.8) is 0 Å². The average Bonchev–Trinajstić information content (AvgIpc) is 3.16. The van der Waals surface area contributed by atoms with Gasteiger partial charge in [-0.2, -0.15) is 0 Å². The molecule has 7 nitrogen and oxygen atoms in total. The molecule has 2 aromatic carbocycles. The van der Waals surface area contributed by atoms with E-state index in [0.29, 0.717) is 20.8 Å². The highest BCUT2D eigenvalue weighted by Crippen LogP contribution is 2.30. The summed E-state index contributed by atoms with van der Waals surface area (Å²) in [5.74, 6) is -0.490. The second-order valence-electron chi connectivity index (χ2n) is 7.18. The second kappa shape index (κ2) is 9.33. The van der Waals surface area contributed by atoms with Crippen LogP contribution >= 0.6 is 22.9 Å². The zero-order valence-electron chi connectivity index (χ0n) is 17.6. The predicted octanol–water partition coefficient (Wildman–Crippen LogP) is 4.66. The summed E-state index contributed by atoms with van der Waals surface area (Å²) in [6.07, 6.45) is 1.32. The van der Waals surface area contributed by atoms with Gasteiger partial charge in [0.15, 0.2) is 0 Å². The summed E-state index contributed by atoms with van der Waals surface area (Å²) in [6.45, 7) is 5.56. The molecule has 0 fully saturated rings. The molecular weight excluding hydrogens is 456 g/mol. The Bertz CT molecular complexity index is 1190. The first-order chi connectivity index (χ1) is 14.6. The van der Waals surface area contributed by atoms with E-state index in [2.05, 4.69) is 15.5 Å². The summed E-state index contributed by atoms with van der Waals surface area (Å²) in [4.78, 5) is 13.0. The van der Waals surface area contributed by atoms with Crippen LogP contribution in [0.5, 0.6) is 0 Å². The Balaban J connectivity index is 1.87. The van der Waals surface area contributed by atoms with E-state index >= 15 is 0 Å². The number of hydrogen-bond donors (Lipinski definition) is 1. The van der Waals surface area contributed by atoms with Gasteiger partial charge in [-0.15, -0.1) is 10.2 Å². The van der Waals surface area contributed by atoms with Gasteiger partial charge in [0.2, 0.25) is 21.1 Å². The van der Waals surface area contributed by atoms with Crippen molar-refractivity contribution in [2.45, 2.75) is 33.2 Å². The van der Waals surface area contributed by atoms with Crippen molar-refractivity contribution < 1.29 is 13.2 Å². The molecule has 0 aliphatic heterocycles. The minimum atomic E-state index is -3.76. The lowest BCUT2D eigenvalue weighted by Crippen LogP contribution is -2.47. The summed E-state index contributed by atoms with van der Waals surface area (Å²) in [7, 11) is -3.76. The number of carbonyl (C=O) groups excluding carboxylic acids is 1. The van der Waals surface area contributed by atoms with Crippen molar-refractivity contribution in [1.29, 1.82) is 0 Å². The maximum Gasteiger partial charge on any atom is 0.250 e. The Morgan fingerprint density at radius 3 is 2.42 bits per heavy atom. The lowest BCUT2D eigenvalue weighted by molar-refractivity contribution is -0.117. The highest BCUT2D eigenvalue weighted by molar-refractivity contribution is 7.92. The van der Waals surface area contributed by atoms with E-state index in [9.17, 15) is 13.2 Å². The van der Waals surface area contributed by atoms with Gasteiger partial charge in [0, 0.05) is 10.6 Å². The number of aromatic nitrogens is 2. The lowest BCUT2D eigenvalue weighted by Gasteiger charge is -2.30. The van der Waals surface area contributed by atoms with E-state index in [1.165, 1.54) is 11.3 Å². The highest BCUT2D eigenvalue weighted by Gasteiger charge is 2.32. The first kappa shape index (κ1) is 23.2. The van der Waals surface area contributed by atoms with Crippen molar-refractivity contribution in [3.8, 4) is 10.6 Å². The van der Waals surface area contributed by atoms with Crippen LogP contribution < -0.4 is 9.62 Å². The molecule has 3 aromatic rings. The molecule has 1 N–H and O–H groups in total. The van der Waals surface area contributed by atoms with E-state index in [-0.39, 0.29) is 6.42 Å². The maximum atomic E-state index is 13.0. The number of carbonyl (C=O) groups is 1. The van der Waals surface area contributed by atoms with E-state index in [1.54, 1.807) is 25.1 Å². The van der Waals surface area contributed by atoms with Crippen LogP contribution in [0.2, 0.25) is 5.02 Å². The zero-order chi connectivity index (χ0) is 22.8. The van der Waals surface area contributed by atoms with Crippen LogP contribution in [0.25, 0.3) is 10.6 Å². The minimum absolute atomic E-state index is 0.258. The topological polar surface area (TPSA) is 92.3 Å². The molecule has 1 atom stereocenters. The fourth-order valence-electron chi connectivity index (χ4n) is 3.05. The van der Waals surface area contributed by atoms with Gasteiger partial charge in [0.05, 0.1) is 11.9 Å². The summed E-state index contributed by atoms with van der Waals surface area (Å²) in [5, 5.41) is 12.3. The third-order valence-electron chi connectivity index (χ3n) is 4.69. The number of anilines is 2. The second-order valence-corrected chi connectivity index (χ2v) is 10.4. The fraction of sp³-hybridized carbons (Fsp3) is 0.286. The van der Waals surface area contributed by atoms with Gasteiger partial charge in [-0.05, 0) is 38.0 Å². The Labute approximate surface area is 191 Å². The largest absolute Gasteiger partial charge is 0.299 e. The standard InChI is InChI=1S/C21H23ClN4O3S2/c1-5-18(26(31(4,28)29)16-11-8-14(3)17(22)12-16)19(27)23-21-25-24-20(30-21)15-9-6-13(2)7-10-15/h6-12,18H,5H2,1-4H3,(H,23,25,27)/t18-/m0/s1. The van der Waals surface area contributed by atoms with Crippen molar-refractivity contribution in [3.05, 3.63) is 58.6 Å². The SMILES string of the molecule is CC[C@@H](C(=O)Nc1nnc(-c2ccc(C)cc2)s1)N(c1ccc(C)c(Cl)c1)S(C)(=O)=O. The zero-order valence-corrected chi connectivity index (χ0v) is 20.0. The number of nitrogens with zero attached hydrogens (tertiary/aromatic N) is 3. The minimum Gasteiger partial charge on any atom is -0.299 e. The van der Waals surface area contributed by atoms with Crippen LogP contribution in [-0.4, -0.2) is 36.8 Å². The van der Waals surface area contributed by atoms with Crippen molar-refractivity contribution in [1.82, 2.24) is 10.2 Å². The molecule has 0 saturated carbocycles. The van der Waals surface area contributed by atoms with Gasteiger partial charge in [0.25, 0.3) is 0 Å². The number of nitrogens with one attached hydrogen (secondary N) is 1. The smallest absolute Gasteiger partial charge is 0.250 e. The molecule has 0 aliphatic carbocycles. The van der Waals surface area contributed by atoms with Crippen LogP contribution in [0.4, 0.5) is 10.8 Å². The highest BCUT2D eigenvalue weighted by atomic mass is 35.5. The molecule has 0 spiro atoms. The number of rotatable bonds is 7. The van der Waals surface area contributed by atoms with Gasteiger partial charge in [-0.25, -0.2) is 8.42 Å². The number of aryl methyl sites for hydroxylation is 2. The average molecular weight is 479 g/mol. The van der Waals surface area contributed by atoms with Crippen LogP contribution in [0.3, 0.4) is 0 Å². The Morgan fingerprint density at radius 2 is 1.84 bits per heavy atom. The summed E-state index contributed by atoms with van der Waals surface area (Å²) < 4.78 is 26.3. The first-order valence-electron chi connectivity index (χ1n) is 9.57. The van der Waals surface area contributed by atoms with Gasteiger partial charge in [0.1, 0.15) is 11.0 Å². The van der Waals surface area contributed by atoms with Gasteiger partial charge in [-0.3, -0.25) is 14.4 Å². The van der Waals surface area contributed by atoms with Crippen LogP contribution in [0, 0.1) is 13.8 Å². The van der Waals surface area contributed by atoms with Gasteiger partial charge in [-0.1, -0.05) is 65.8 Å². The summed E-state index contributed by atoms with van der Waals surface area (Å²) in [5.41, 5.74) is 3.17. The van der Waals surface area contributed by atoms with Gasteiger partial charge < -0.3 is 0 Å². The van der Waals surface area contributed by atoms with E-state index in [4.69, 9.17) is 11.6 Å². The molecule has 3 rings (SSSR count). The molecule has 31 heavy (non-hydrogen) atoms. The number of sulfonamides is 1. The summed E-state index contributed by atoms with van der Waals surface area (Å²) in [6, 6.07) is 11.7. The van der Waals surface area contributed by atoms with Crippen molar-refractivity contribution in [2.24, 2.45) is 0 Å². The number of halogens is 1. The third kappa shape index (κ3) is 5.41. The Kier molecular flexibility index (Phi) is 6.98. The van der Waals surface area contributed by atoms with E-state index in [1.807, 2.05) is 38.1 Å². The van der Waals surface area contributed by atoms with Crippen LogP contribution in [0.1, 0.15) is 24.5 Å². The predicted molar refractivity (Wildman–Crippen MR) is 126 cm³/mol. The third-order valence-corrected chi connectivity index (χ3v) is 7.17. The fourth-order valence-corrected chi connectivity index (χ4v) is 5.18. The number of amides is 1. The molecule has 0 saturated heterocycles. The summed E-state index contributed by atoms with van der Waals surface area (Å²) >= 11 is 7.42. The first-order valence-corrected chi connectivity index (χ1v) is 12.6. The lowest BCUT2D eigenvalue weighted by atomic mass is 10.1. The van der Waals surface area contributed by atoms with Crippen LogP contribution in [-0.2, 0) is 14.8 Å². The van der Waals surface area contributed by atoms with Crippen molar-refractivity contribution in [2.75, 3.05) is 15.9 Å². The maximum absolute atomic E-state index is 13.0. The molecule has 1 aromatic heterocycles. The molecule has 1 heterocycles. The monoisotopic (exact) mass is 478 g/mol. The molecule has 0 unspecified atom stereocenters. The molecule has 0 bridgehead atoms. The van der Waals surface area contributed by atoms with E-state index < -0.39 is 22.0 Å². The number of benzene rings is 2. The molecule has 10 heteroatoms. The van der Waals surface area contributed by atoms with Crippen molar-refractivity contribution >= 4 is 49.7 Å². The normalized spacial score (nSPS) is 12.4. The van der Waals surface area contributed by atoms with Gasteiger partial charge >= 0.3 is 0 Å². The van der Waals surface area contributed by atoms with E-state index in [0.717, 1.165) is 27.3 Å². The Hall–Kier alpha value is -2.49. The molecule has 0 aliphatic rings. The molecule has 1 amide bonds. The Morgan fingerprint density at radius 1 is 1.16 bits per heavy atom. The molecule has 164 valence electrons.